The Balaban J connectivity index is 1.03. The molecule has 4 aromatic carbocycles. The van der Waals surface area contributed by atoms with Gasteiger partial charge < -0.3 is 9.13 Å². The third-order valence-electron chi connectivity index (χ3n) is 17.0. The SMILES string of the molecule is CCCCCCCCCCC(CCCCCCCC)Cn1c2ccccc2c2cc3c(cc21)S/C(=C1/Sc2cc4c(cc2C1=O)c1ccccc1n4CC(CCCCCCCC)CCCCCCCCCC)C3=O. The summed E-state index contributed by atoms with van der Waals surface area (Å²) >= 11 is 3.07. The van der Waals surface area contributed by atoms with Gasteiger partial charge in [-0.2, -0.15) is 0 Å². The average Bonchev–Trinajstić information content (AvgIpc) is 4.12. The number of thioether (sulfide) groups is 2. The van der Waals surface area contributed by atoms with E-state index in [9.17, 15) is 9.59 Å². The molecule has 0 fully saturated rings. The zero-order valence-corrected chi connectivity index (χ0v) is 48.3. The number of aromatic nitrogens is 2. The van der Waals surface area contributed by atoms with Crippen LogP contribution in [-0.4, -0.2) is 20.7 Å². The molecule has 0 spiro atoms. The molecule has 8 rings (SSSR count). The van der Waals surface area contributed by atoms with E-state index in [-0.39, 0.29) is 11.6 Å². The van der Waals surface area contributed by atoms with E-state index in [1.165, 1.54) is 262 Å². The van der Waals surface area contributed by atoms with Crippen LogP contribution in [0.15, 0.2) is 92.4 Å². The van der Waals surface area contributed by atoms with E-state index in [1.807, 2.05) is 0 Å². The highest BCUT2D eigenvalue weighted by Gasteiger charge is 2.38. The zero-order chi connectivity index (χ0) is 51.5. The maximum atomic E-state index is 14.7. The summed E-state index contributed by atoms with van der Waals surface area (Å²) in [5, 5.41) is 4.76. The molecule has 2 atom stereocenters. The number of rotatable bonds is 36. The van der Waals surface area contributed by atoms with Crippen LogP contribution in [0.2, 0.25) is 0 Å². The molecule has 2 aliphatic rings. The van der Waals surface area contributed by atoms with E-state index in [2.05, 4.69) is 110 Å². The minimum absolute atomic E-state index is 0.000962. The Kier molecular flexibility index (Phi) is 22.7. The van der Waals surface area contributed by atoms with Crippen LogP contribution in [0.3, 0.4) is 0 Å². The van der Waals surface area contributed by atoms with Crippen molar-refractivity contribution in [3.05, 3.63) is 93.7 Å². The van der Waals surface area contributed by atoms with Gasteiger partial charge in [-0.25, -0.2) is 0 Å². The molecular weight excluding hydrogens is 941 g/mol. The average molecular weight is 1040 g/mol. The van der Waals surface area contributed by atoms with Crippen molar-refractivity contribution in [2.75, 3.05) is 0 Å². The van der Waals surface area contributed by atoms with Crippen LogP contribution in [0.1, 0.15) is 254 Å². The quantitative estimate of drug-likeness (QED) is 0.0291. The number of benzene rings is 4. The number of ketones is 2. The van der Waals surface area contributed by atoms with Crippen molar-refractivity contribution in [1.29, 1.82) is 0 Å². The first kappa shape index (κ1) is 56.5. The Hall–Kier alpha value is -3.74. The Bertz CT molecular complexity index is 2580. The van der Waals surface area contributed by atoms with Gasteiger partial charge in [0.15, 0.2) is 0 Å². The summed E-state index contributed by atoms with van der Waals surface area (Å²) in [5.74, 6) is 1.25. The summed E-state index contributed by atoms with van der Waals surface area (Å²) in [6.07, 6.45) is 42.7. The third kappa shape index (κ3) is 14.4. The summed E-state index contributed by atoms with van der Waals surface area (Å²) in [6.45, 7) is 11.2. The monoisotopic (exact) mass is 1030 g/mol. The second-order valence-electron chi connectivity index (χ2n) is 22.9. The fourth-order valence-electron chi connectivity index (χ4n) is 12.7. The van der Waals surface area contributed by atoms with E-state index in [0.717, 1.165) is 44.8 Å². The molecule has 6 aromatic rings. The van der Waals surface area contributed by atoms with Gasteiger partial charge in [0, 0.05) is 66.6 Å². The maximum absolute atomic E-state index is 14.7. The lowest BCUT2D eigenvalue weighted by Crippen LogP contribution is -2.11. The van der Waals surface area contributed by atoms with Crippen molar-refractivity contribution < 1.29 is 9.59 Å². The largest absolute Gasteiger partial charge is 0.340 e. The minimum atomic E-state index is 0.000962. The summed E-state index contributed by atoms with van der Waals surface area (Å²) in [7, 11) is 0. The fraction of sp³-hybridized carbons (Fsp3) is 0.588. The van der Waals surface area contributed by atoms with Gasteiger partial charge in [-0.15, -0.1) is 0 Å². The Morgan fingerprint density at radius 1 is 0.351 bits per heavy atom. The molecule has 6 heteroatoms. The van der Waals surface area contributed by atoms with Gasteiger partial charge in [-0.1, -0.05) is 267 Å². The zero-order valence-electron chi connectivity index (χ0n) is 46.7. The van der Waals surface area contributed by atoms with E-state index < -0.39 is 0 Å². The predicted molar refractivity (Wildman–Crippen MR) is 324 cm³/mol. The van der Waals surface area contributed by atoms with E-state index >= 15 is 0 Å². The lowest BCUT2D eigenvalue weighted by Gasteiger charge is -2.20. The summed E-state index contributed by atoms with van der Waals surface area (Å²) in [5.41, 5.74) is 6.48. The normalized spacial score (nSPS) is 15.5. The van der Waals surface area contributed by atoms with Crippen LogP contribution < -0.4 is 0 Å². The topological polar surface area (TPSA) is 44.0 Å². The number of allylic oxidation sites excluding steroid dienone is 2. The Labute approximate surface area is 456 Å². The van der Waals surface area contributed by atoms with Crippen LogP contribution in [0.25, 0.3) is 43.6 Å². The van der Waals surface area contributed by atoms with E-state index in [1.54, 1.807) is 0 Å². The van der Waals surface area contributed by atoms with Gasteiger partial charge in [-0.3, -0.25) is 9.59 Å². The van der Waals surface area contributed by atoms with Crippen LogP contribution in [0.5, 0.6) is 0 Å². The van der Waals surface area contributed by atoms with Gasteiger partial charge in [0.2, 0.25) is 11.6 Å². The number of hydrogen-bond acceptors (Lipinski definition) is 4. The lowest BCUT2D eigenvalue weighted by molar-refractivity contribution is 0.101. The standard InChI is InChI=1S/C68H94N2O2S2/c1-5-9-13-17-21-23-27-31-39-51(37-29-25-19-15-11-7-3)49-69-59-43-35-33-41-53(59)55-45-57-63(47-61(55)69)73-67(65(57)71)68-66(72)58-46-56-54-42-34-36-44-60(54)70(62(56)48-64(58)74-68)50-52(38-30-26-20-16-12-8-4)40-32-28-24-22-18-14-10-6-2/h33-36,41-48,51-52H,5-32,37-40,49-50H2,1-4H3/b68-67+. The van der Waals surface area contributed by atoms with Crippen molar-refractivity contribution in [3.8, 4) is 0 Å². The predicted octanol–water partition coefficient (Wildman–Crippen LogP) is 22.2. The van der Waals surface area contributed by atoms with Gasteiger partial charge in [0.1, 0.15) is 0 Å². The second kappa shape index (κ2) is 29.7. The van der Waals surface area contributed by atoms with E-state index in [0.29, 0.717) is 21.6 Å². The fourth-order valence-corrected chi connectivity index (χ4v) is 15.0. The Morgan fingerprint density at radius 2 is 0.649 bits per heavy atom. The minimum Gasteiger partial charge on any atom is -0.340 e. The number of hydrogen-bond donors (Lipinski definition) is 0. The number of carbonyl (C=O) groups excluding carboxylic acids is 2. The lowest BCUT2D eigenvalue weighted by atomic mass is 9.93. The summed E-state index contributed by atoms with van der Waals surface area (Å²) in [6, 6.07) is 26.7. The molecule has 0 aliphatic carbocycles. The molecule has 0 saturated carbocycles. The Morgan fingerprint density at radius 3 is 0.973 bits per heavy atom. The summed E-state index contributed by atoms with van der Waals surface area (Å²) < 4.78 is 5.19. The maximum Gasteiger partial charge on any atom is 0.202 e. The van der Waals surface area contributed by atoms with Gasteiger partial charge in [0.25, 0.3) is 0 Å². The summed E-state index contributed by atoms with van der Waals surface area (Å²) in [4.78, 5) is 32.6. The van der Waals surface area contributed by atoms with Gasteiger partial charge in [-0.05, 0) is 73.9 Å². The number of carbonyl (C=O) groups is 2. The molecule has 0 bridgehead atoms. The van der Waals surface area contributed by atoms with Crippen molar-refractivity contribution in [1.82, 2.24) is 9.13 Å². The van der Waals surface area contributed by atoms with Crippen LogP contribution in [-0.2, 0) is 13.1 Å². The molecule has 0 saturated heterocycles. The number of fused-ring (bicyclic) bond motifs is 8. The highest BCUT2D eigenvalue weighted by Crippen LogP contribution is 2.52. The van der Waals surface area contributed by atoms with Crippen molar-refractivity contribution in [3.63, 3.8) is 0 Å². The number of para-hydroxylation sites is 2. The molecule has 74 heavy (non-hydrogen) atoms. The molecule has 4 nitrogen and oxygen atoms in total. The third-order valence-corrected chi connectivity index (χ3v) is 19.5. The van der Waals surface area contributed by atoms with Crippen LogP contribution >= 0.6 is 23.5 Å². The molecule has 0 N–H and O–H groups in total. The first-order valence-electron chi connectivity index (χ1n) is 30.7. The second-order valence-corrected chi connectivity index (χ2v) is 25.0. The molecular formula is C68H94N2O2S2. The molecule has 0 amide bonds. The highest BCUT2D eigenvalue weighted by atomic mass is 32.2. The molecule has 0 radical (unpaired) electrons. The first-order chi connectivity index (χ1) is 36.4. The highest BCUT2D eigenvalue weighted by molar-refractivity contribution is 8.08. The van der Waals surface area contributed by atoms with Gasteiger partial charge >= 0.3 is 0 Å². The van der Waals surface area contributed by atoms with Crippen LogP contribution in [0, 0.1) is 11.8 Å². The van der Waals surface area contributed by atoms with E-state index in [4.69, 9.17) is 0 Å². The number of nitrogens with zero attached hydrogens (tertiary/aromatic N) is 2. The molecule has 400 valence electrons. The molecule has 2 aromatic heterocycles. The van der Waals surface area contributed by atoms with Crippen molar-refractivity contribution in [2.45, 2.75) is 256 Å². The van der Waals surface area contributed by atoms with Crippen molar-refractivity contribution >= 4 is 78.7 Å². The first-order valence-corrected chi connectivity index (χ1v) is 32.4. The molecule has 2 aliphatic heterocycles. The number of Topliss-reactive ketones (excluding diaryl/α,β-unsaturated/α-hetero) is 2. The smallest absolute Gasteiger partial charge is 0.202 e. The van der Waals surface area contributed by atoms with Crippen LogP contribution in [0.4, 0.5) is 0 Å². The molecule has 4 heterocycles. The molecule has 2 unspecified atom stereocenters. The number of unbranched alkanes of at least 4 members (excludes halogenated alkanes) is 24. The van der Waals surface area contributed by atoms with Gasteiger partial charge in [0.05, 0.1) is 20.8 Å². The van der Waals surface area contributed by atoms with Crippen molar-refractivity contribution in [2.24, 2.45) is 11.8 Å².